The third-order valence-electron chi connectivity index (χ3n) is 2.73. The highest BCUT2D eigenvalue weighted by atomic mass is 35.5. The van der Waals surface area contributed by atoms with Gasteiger partial charge in [0.25, 0.3) is 0 Å². The molecule has 1 aromatic rings. The first-order valence-corrected chi connectivity index (χ1v) is 6.26. The Morgan fingerprint density at radius 2 is 1.79 bits per heavy atom. The van der Waals surface area contributed by atoms with Crippen LogP contribution in [0.4, 0.5) is 0 Å². The van der Waals surface area contributed by atoms with Gasteiger partial charge in [0.05, 0.1) is 0 Å². The smallest absolute Gasteiger partial charge is 0.220 e. The van der Waals surface area contributed by atoms with Crippen molar-refractivity contribution < 1.29 is 9.59 Å². The fraction of sp³-hybridized carbons (Fsp3) is 0.429. The third kappa shape index (κ3) is 6.36. The first kappa shape index (κ1) is 17.6. The van der Waals surface area contributed by atoms with Gasteiger partial charge in [0.2, 0.25) is 5.91 Å². The molecule has 0 aromatic heterocycles. The van der Waals surface area contributed by atoms with E-state index < -0.39 is 0 Å². The van der Waals surface area contributed by atoms with Crippen molar-refractivity contribution in [3.05, 3.63) is 35.4 Å². The van der Waals surface area contributed by atoms with Gasteiger partial charge >= 0.3 is 0 Å². The van der Waals surface area contributed by atoms with E-state index in [1.807, 2.05) is 24.3 Å². The van der Waals surface area contributed by atoms with Gasteiger partial charge in [-0.3, -0.25) is 9.59 Å². The summed E-state index contributed by atoms with van der Waals surface area (Å²) in [6.45, 7) is 2.94. The van der Waals surface area contributed by atoms with Crippen molar-refractivity contribution in [3.8, 4) is 0 Å². The summed E-state index contributed by atoms with van der Waals surface area (Å²) in [5.41, 5.74) is 7.14. The predicted molar refractivity (Wildman–Crippen MR) is 78.7 cm³/mol. The summed E-state index contributed by atoms with van der Waals surface area (Å²) in [5, 5.41) is 2.64. The van der Waals surface area contributed by atoms with Gasteiger partial charge in [-0.05, 0) is 12.0 Å². The summed E-state index contributed by atoms with van der Waals surface area (Å²) in [5.74, 6) is -0.125. The number of aryl methyl sites for hydroxylation is 1. The molecule has 0 aliphatic rings. The van der Waals surface area contributed by atoms with E-state index in [0.29, 0.717) is 18.7 Å². The highest BCUT2D eigenvalue weighted by Crippen LogP contribution is 2.08. The maximum absolute atomic E-state index is 11.8. The van der Waals surface area contributed by atoms with Crippen molar-refractivity contribution in [1.82, 2.24) is 5.32 Å². The van der Waals surface area contributed by atoms with Crippen LogP contribution >= 0.6 is 12.4 Å². The molecule has 1 aromatic carbocycles. The first-order chi connectivity index (χ1) is 8.67. The van der Waals surface area contributed by atoms with Gasteiger partial charge in [0.15, 0.2) is 5.78 Å². The van der Waals surface area contributed by atoms with Crippen LogP contribution in [0.5, 0.6) is 0 Å². The molecule has 1 amide bonds. The van der Waals surface area contributed by atoms with Crippen LogP contribution in [0.15, 0.2) is 24.3 Å². The maximum Gasteiger partial charge on any atom is 0.220 e. The molecular formula is C14H21ClN2O2. The first-order valence-electron chi connectivity index (χ1n) is 6.26. The van der Waals surface area contributed by atoms with Gasteiger partial charge in [0.1, 0.15) is 0 Å². The molecule has 106 valence electrons. The van der Waals surface area contributed by atoms with Crippen molar-refractivity contribution in [3.63, 3.8) is 0 Å². The average Bonchev–Trinajstić information content (AvgIpc) is 2.42. The van der Waals surface area contributed by atoms with Crippen molar-refractivity contribution in [2.75, 3.05) is 13.1 Å². The van der Waals surface area contributed by atoms with Crippen molar-refractivity contribution in [1.29, 1.82) is 0 Å². The second-order valence-electron chi connectivity index (χ2n) is 4.11. The van der Waals surface area contributed by atoms with E-state index in [-0.39, 0.29) is 36.9 Å². The number of benzene rings is 1. The molecule has 1 rings (SSSR count). The molecule has 3 N–H and O–H groups in total. The van der Waals surface area contributed by atoms with Crippen LogP contribution in [0.25, 0.3) is 0 Å². The van der Waals surface area contributed by atoms with Gasteiger partial charge in [-0.15, -0.1) is 12.4 Å². The molecule has 0 spiro atoms. The predicted octanol–water partition coefficient (Wildman–Crippen LogP) is 1.71. The number of rotatable bonds is 7. The molecule has 0 saturated carbocycles. The molecule has 19 heavy (non-hydrogen) atoms. The summed E-state index contributed by atoms with van der Waals surface area (Å²) in [7, 11) is 0. The van der Waals surface area contributed by atoms with E-state index in [4.69, 9.17) is 5.73 Å². The zero-order chi connectivity index (χ0) is 13.4. The van der Waals surface area contributed by atoms with E-state index in [0.717, 1.165) is 6.42 Å². The summed E-state index contributed by atoms with van der Waals surface area (Å²) >= 11 is 0. The summed E-state index contributed by atoms with van der Waals surface area (Å²) in [4.78, 5) is 23.1. The largest absolute Gasteiger partial charge is 0.355 e. The lowest BCUT2D eigenvalue weighted by molar-refractivity contribution is -0.121. The van der Waals surface area contributed by atoms with E-state index in [1.165, 1.54) is 5.56 Å². The third-order valence-corrected chi connectivity index (χ3v) is 2.73. The van der Waals surface area contributed by atoms with Gasteiger partial charge in [-0.2, -0.15) is 0 Å². The number of halogens is 1. The van der Waals surface area contributed by atoms with Gasteiger partial charge in [-0.1, -0.05) is 31.2 Å². The Kier molecular flexibility index (Phi) is 8.83. The number of carbonyl (C=O) groups is 2. The topological polar surface area (TPSA) is 72.2 Å². The molecule has 0 saturated heterocycles. The quantitative estimate of drug-likeness (QED) is 0.749. The number of nitrogens with two attached hydrogens (primary N) is 1. The van der Waals surface area contributed by atoms with Gasteiger partial charge in [-0.25, -0.2) is 0 Å². The number of nitrogens with one attached hydrogen (secondary N) is 1. The molecule has 0 unspecified atom stereocenters. The molecule has 0 atom stereocenters. The standard InChI is InChI=1S/C14H20N2O2.ClH/c1-2-11-3-5-12(6-4-11)13(17)7-8-14(18)16-10-9-15;/h3-6H,2,7-10,15H2,1H3,(H,16,18);1H. The molecule has 5 heteroatoms. The molecule has 0 radical (unpaired) electrons. The SMILES string of the molecule is CCc1ccc(C(=O)CCC(=O)NCCN)cc1.Cl. The van der Waals surface area contributed by atoms with Crippen LogP contribution in [-0.4, -0.2) is 24.8 Å². The molecule has 0 aliphatic heterocycles. The number of ketones is 1. The summed E-state index contributed by atoms with van der Waals surface area (Å²) in [6.07, 6.45) is 1.41. The second-order valence-corrected chi connectivity index (χ2v) is 4.11. The van der Waals surface area contributed by atoms with E-state index in [2.05, 4.69) is 12.2 Å². The highest BCUT2D eigenvalue weighted by Gasteiger charge is 2.08. The molecular weight excluding hydrogens is 264 g/mol. The normalized spacial score (nSPS) is 9.58. The van der Waals surface area contributed by atoms with Crippen LogP contribution in [0.2, 0.25) is 0 Å². The number of hydrogen-bond donors (Lipinski definition) is 2. The van der Waals surface area contributed by atoms with Crippen LogP contribution in [0, 0.1) is 0 Å². The van der Waals surface area contributed by atoms with Crippen LogP contribution in [0.3, 0.4) is 0 Å². The maximum atomic E-state index is 11.8. The summed E-state index contributed by atoms with van der Waals surface area (Å²) in [6, 6.07) is 7.53. The van der Waals surface area contributed by atoms with Crippen LogP contribution < -0.4 is 11.1 Å². The van der Waals surface area contributed by atoms with Crippen molar-refractivity contribution in [2.24, 2.45) is 5.73 Å². The fourth-order valence-corrected chi connectivity index (χ4v) is 1.60. The Morgan fingerprint density at radius 1 is 1.16 bits per heavy atom. The minimum atomic E-state index is -0.126. The van der Waals surface area contributed by atoms with Gasteiger partial charge < -0.3 is 11.1 Å². The molecule has 0 bridgehead atoms. The van der Waals surface area contributed by atoms with E-state index >= 15 is 0 Å². The van der Waals surface area contributed by atoms with Crippen molar-refractivity contribution >= 4 is 24.1 Å². The zero-order valence-electron chi connectivity index (χ0n) is 11.1. The number of Topliss-reactive ketones (excluding diaryl/α,β-unsaturated/α-hetero) is 1. The molecule has 4 nitrogen and oxygen atoms in total. The molecule has 0 heterocycles. The van der Waals surface area contributed by atoms with Crippen LogP contribution in [-0.2, 0) is 11.2 Å². The lowest BCUT2D eigenvalue weighted by Crippen LogP contribution is -2.29. The average molecular weight is 285 g/mol. The molecule has 0 aliphatic carbocycles. The minimum Gasteiger partial charge on any atom is -0.355 e. The monoisotopic (exact) mass is 284 g/mol. The lowest BCUT2D eigenvalue weighted by Gasteiger charge is -2.04. The van der Waals surface area contributed by atoms with E-state index in [9.17, 15) is 9.59 Å². The fourth-order valence-electron chi connectivity index (χ4n) is 1.60. The highest BCUT2D eigenvalue weighted by molar-refractivity contribution is 5.97. The number of carbonyl (C=O) groups excluding carboxylic acids is 2. The Bertz CT molecular complexity index is 404. The lowest BCUT2D eigenvalue weighted by atomic mass is 10.0. The van der Waals surface area contributed by atoms with Gasteiger partial charge in [0, 0.05) is 31.5 Å². The Balaban J connectivity index is 0.00000324. The second kappa shape index (κ2) is 9.53. The van der Waals surface area contributed by atoms with Crippen LogP contribution in [0.1, 0.15) is 35.7 Å². The number of hydrogen-bond acceptors (Lipinski definition) is 3. The molecule has 0 fully saturated rings. The Morgan fingerprint density at radius 3 is 2.32 bits per heavy atom. The Labute approximate surface area is 120 Å². The zero-order valence-corrected chi connectivity index (χ0v) is 12.0. The van der Waals surface area contributed by atoms with E-state index in [1.54, 1.807) is 0 Å². The number of amides is 1. The summed E-state index contributed by atoms with van der Waals surface area (Å²) < 4.78 is 0. The van der Waals surface area contributed by atoms with Crippen molar-refractivity contribution in [2.45, 2.75) is 26.2 Å². The Hall–Kier alpha value is -1.39. The minimum absolute atomic E-state index is 0.